The molecule has 4 rings (SSSR count). The number of rotatable bonds is 4. The summed E-state index contributed by atoms with van der Waals surface area (Å²) in [5, 5.41) is 0. The van der Waals surface area contributed by atoms with E-state index in [1.165, 1.54) is 16.8 Å². The first kappa shape index (κ1) is 19.2. The summed E-state index contributed by atoms with van der Waals surface area (Å²) in [7, 11) is 3.20. The van der Waals surface area contributed by atoms with Gasteiger partial charge in [0, 0.05) is 31.7 Å². The van der Waals surface area contributed by atoms with Gasteiger partial charge in [0.05, 0.1) is 13.2 Å². The molecule has 0 aromatic heterocycles. The second kappa shape index (κ2) is 7.73. The van der Waals surface area contributed by atoms with Gasteiger partial charge in [-0.3, -0.25) is 19.5 Å². The van der Waals surface area contributed by atoms with Gasteiger partial charge in [-0.05, 0) is 22.7 Å². The first-order valence-electron chi connectivity index (χ1n) is 9.26. The minimum absolute atomic E-state index is 0.240. The maximum atomic E-state index is 13.0. The summed E-state index contributed by atoms with van der Waals surface area (Å²) in [6.07, 6.45) is 0. The molecule has 3 amide bonds. The molecular formula is C19H23BrN5O3+. The minimum atomic E-state index is -0.576. The number of aliphatic imine (C=N–C) groups is 1. The van der Waals surface area contributed by atoms with E-state index in [1.54, 1.807) is 7.05 Å². The smallest absolute Gasteiger partial charge is 0.333 e. The molecule has 1 aromatic rings. The zero-order chi connectivity index (χ0) is 19.8. The SMILES string of the molecule is CN1C(=O)C2C(=NC(CN3CCOCC3)=[N+]2Cc2ccc(Br)cc2)N(C)C1=O. The third-order valence-corrected chi connectivity index (χ3v) is 5.88. The number of morpholine rings is 1. The number of ether oxygens (including phenoxy) is 1. The number of benzene rings is 1. The highest BCUT2D eigenvalue weighted by molar-refractivity contribution is 9.10. The number of carbonyl (C=O) groups is 2. The summed E-state index contributed by atoms with van der Waals surface area (Å²) in [6.45, 7) is 4.22. The molecule has 1 atom stereocenters. The molecule has 0 radical (unpaired) electrons. The Morgan fingerprint density at radius 3 is 2.50 bits per heavy atom. The van der Waals surface area contributed by atoms with E-state index in [0.29, 0.717) is 32.1 Å². The van der Waals surface area contributed by atoms with Gasteiger partial charge in [0.25, 0.3) is 17.8 Å². The van der Waals surface area contributed by atoms with Gasteiger partial charge in [-0.2, -0.15) is 0 Å². The van der Waals surface area contributed by atoms with Crippen LogP contribution >= 0.6 is 15.9 Å². The lowest BCUT2D eigenvalue weighted by molar-refractivity contribution is -0.552. The van der Waals surface area contributed by atoms with Crippen LogP contribution in [-0.2, 0) is 16.1 Å². The van der Waals surface area contributed by atoms with Crippen molar-refractivity contribution in [3.05, 3.63) is 34.3 Å². The number of fused-ring (bicyclic) bond motifs is 1. The van der Waals surface area contributed by atoms with Crippen LogP contribution in [0.4, 0.5) is 4.79 Å². The standard InChI is InChI=1S/C19H23BrN5O3/c1-22-17-16(18(26)23(2)19(22)27)25(11-13-3-5-14(20)6-4-13)15(21-17)12-24-7-9-28-10-8-24/h3-6,16H,7-12H2,1-2H3/q+1. The Balaban J connectivity index is 1.69. The number of amides is 3. The largest absolute Gasteiger partial charge is 0.379 e. The van der Waals surface area contributed by atoms with E-state index in [4.69, 9.17) is 9.73 Å². The lowest BCUT2D eigenvalue weighted by Crippen LogP contribution is -2.61. The second-order valence-electron chi connectivity index (χ2n) is 7.17. The molecule has 1 unspecified atom stereocenters. The van der Waals surface area contributed by atoms with Crippen molar-refractivity contribution in [2.24, 2.45) is 4.99 Å². The predicted molar refractivity (Wildman–Crippen MR) is 108 cm³/mol. The van der Waals surface area contributed by atoms with Crippen LogP contribution in [0.15, 0.2) is 33.7 Å². The number of likely N-dealkylation sites (N-methyl/N-ethyl adjacent to an activating group) is 2. The molecule has 2 saturated heterocycles. The lowest BCUT2D eigenvalue weighted by Gasteiger charge is -2.30. The number of imide groups is 1. The van der Waals surface area contributed by atoms with E-state index in [1.807, 2.05) is 28.8 Å². The molecule has 3 aliphatic heterocycles. The van der Waals surface area contributed by atoms with Gasteiger partial charge in [0.1, 0.15) is 13.1 Å². The van der Waals surface area contributed by atoms with E-state index in [0.717, 1.165) is 29.0 Å². The number of hydrogen-bond donors (Lipinski definition) is 0. The molecule has 0 saturated carbocycles. The van der Waals surface area contributed by atoms with Gasteiger partial charge in [-0.15, -0.1) is 0 Å². The molecule has 2 fully saturated rings. The normalized spacial score (nSPS) is 23.4. The van der Waals surface area contributed by atoms with E-state index in [9.17, 15) is 9.59 Å². The highest BCUT2D eigenvalue weighted by atomic mass is 79.9. The fraction of sp³-hybridized carbons (Fsp3) is 0.474. The molecule has 0 aliphatic carbocycles. The zero-order valence-corrected chi connectivity index (χ0v) is 17.6. The Morgan fingerprint density at radius 2 is 1.82 bits per heavy atom. The van der Waals surface area contributed by atoms with E-state index in [-0.39, 0.29) is 11.9 Å². The van der Waals surface area contributed by atoms with Crippen LogP contribution in [0, 0.1) is 0 Å². The van der Waals surface area contributed by atoms with Crippen molar-refractivity contribution in [1.82, 2.24) is 14.7 Å². The van der Waals surface area contributed by atoms with Crippen molar-refractivity contribution in [2.75, 3.05) is 46.9 Å². The molecule has 1 aromatic carbocycles. The molecular weight excluding hydrogens is 426 g/mol. The Morgan fingerprint density at radius 1 is 1.14 bits per heavy atom. The van der Waals surface area contributed by atoms with Crippen molar-refractivity contribution in [3.63, 3.8) is 0 Å². The van der Waals surface area contributed by atoms with Crippen LogP contribution < -0.4 is 0 Å². The Labute approximate surface area is 172 Å². The number of carbonyl (C=O) groups excluding carboxylic acids is 2. The van der Waals surface area contributed by atoms with E-state index >= 15 is 0 Å². The van der Waals surface area contributed by atoms with Crippen LogP contribution in [0.25, 0.3) is 0 Å². The molecule has 28 heavy (non-hydrogen) atoms. The summed E-state index contributed by atoms with van der Waals surface area (Å²) in [6, 6.07) is 7.10. The molecule has 148 valence electrons. The lowest BCUT2D eigenvalue weighted by atomic mass is 10.1. The summed E-state index contributed by atoms with van der Waals surface area (Å²) >= 11 is 3.46. The molecule has 9 heteroatoms. The van der Waals surface area contributed by atoms with Gasteiger partial charge in [0.2, 0.25) is 0 Å². The maximum absolute atomic E-state index is 13.0. The van der Waals surface area contributed by atoms with Gasteiger partial charge >= 0.3 is 11.9 Å². The van der Waals surface area contributed by atoms with Crippen molar-refractivity contribution in [1.29, 1.82) is 0 Å². The number of halogens is 1. The summed E-state index contributed by atoms with van der Waals surface area (Å²) in [4.78, 5) is 35.0. The van der Waals surface area contributed by atoms with Crippen LogP contribution in [-0.4, -0.2) is 95.9 Å². The second-order valence-corrected chi connectivity index (χ2v) is 8.09. The average molecular weight is 449 g/mol. The van der Waals surface area contributed by atoms with E-state index in [2.05, 4.69) is 20.8 Å². The van der Waals surface area contributed by atoms with Gasteiger partial charge in [-0.25, -0.2) is 9.37 Å². The third-order valence-electron chi connectivity index (χ3n) is 5.35. The Kier molecular flexibility index (Phi) is 5.31. The van der Waals surface area contributed by atoms with Crippen molar-refractivity contribution in [3.8, 4) is 0 Å². The quantitative estimate of drug-likeness (QED) is 0.644. The molecule has 3 aliphatic rings. The first-order valence-corrected chi connectivity index (χ1v) is 10.1. The summed E-state index contributed by atoms with van der Waals surface area (Å²) < 4.78 is 8.47. The summed E-state index contributed by atoms with van der Waals surface area (Å²) in [5.74, 6) is 1.08. The highest BCUT2D eigenvalue weighted by Gasteiger charge is 2.53. The molecule has 3 heterocycles. The van der Waals surface area contributed by atoms with Crippen LogP contribution in [0.1, 0.15) is 5.56 Å². The van der Waals surface area contributed by atoms with Crippen LogP contribution in [0.2, 0.25) is 0 Å². The maximum Gasteiger partial charge on any atom is 0.333 e. The van der Waals surface area contributed by atoms with Crippen molar-refractivity contribution in [2.45, 2.75) is 12.6 Å². The molecule has 8 nitrogen and oxygen atoms in total. The zero-order valence-electron chi connectivity index (χ0n) is 16.0. The molecule has 0 bridgehead atoms. The monoisotopic (exact) mass is 448 g/mol. The first-order chi connectivity index (χ1) is 13.5. The Bertz CT molecular complexity index is 861. The molecule has 0 spiro atoms. The van der Waals surface area contributed by atoms with Crippen molar-refractivity contribution >= 4 is 39.5 Å². The minimum Gasteiger partial charge on any atom is -0.379 e. The van der Waals surface area contributed by atoms with Crippen LogP contribution in [0.3, 0.4) is 0 Å². The van der Waals surface area contributed by atoms with Crippen molar-refractivity contribution < 1.29 is 18.9 Å². The number of nitrogens with zero attached hydrogens (tertiary/aromatic N) is 5. The predicted octanol–water partition coefficient (Wildman–Crippen LogP) is 0.997. The average Bonchev–Trinajstić information content (AvgIpc) is 3.05. The van der Waals surface area contributed by atoms with Gasteiger partial charge in [-0.1, -0.05) is 28.1 Å². The number of amidine groups is 2. The third kappa shape index (κ3) is 3.49. The van der Waals surface area contributed by atoms with E-state index < -0.39 is 6.04 Å². The van der Waals surface area contributed by atoms with Gasteiger partial charge < -0.3 is 4.74 Å². The Hall–Kier alpha value is -2.10. The number of urea groups is 1. The molecule has 0 N–H and O–H groups in total. The summed E-state index contributed by atoms with van der Waals surface area (Å²) in [5.41, 5.74) is 1.08. The fourth-order valence-corrected chi connectivity index (χ4v) is 3.97. The van der Waals surface area contributed by atoms with Gasteiger partial charge in [0.15, 0.2) is 0 Å². The fourth-order valence-electron chi connectivity index (χ4n) is 3.70. The van der Waals surface area contributed by atoms with Crippen LogP contribution in [0.5, 0.6) is 0 Å². The topological polar surface area (TPSA) is 68.5 Å². The number of hydrogen-bond acceptors (Lipinski definition) is 5. The highest BCUT2D eigenvalue weighted by Crippen LogP contribution is 2.22.